The first-order valence-corrected chi connectivity index (χ1v) is 7.98. The Morgan fingerprint density at radius 3 is 3.05 bits per heavy atom. The number of fused-ring (bicyclic) bond motifs is 1. The Kier molecular flexibility index (Phi) is 3.30. The van der Waals surface area contributed by atoms with Crippen LogP contribution in [0.1, 0.15) is 48.3 Å². The van der Waals surface area contributed by atoms with Crippen molar-refractivity contribution >= 4 is 0 Å². The summed E-state index contributed by atoms with van der Waals surface area (Å²) in [6, 6.07) is 0.565. The van der Waals surface area contributed by atoms with Gasteiger partial charge in [-0.05, 0) is 39.0 Å². The Balaban J connectivity index is 1.45. The third-order valence-electron chi connectivity index (χ3n) is 4.73. The van der Waals surface area contributed by atoms with E-state index in [1.54, 1.807) is 6.20 Å². The zero-order valence-electron chi connectivity index (χ0n) is 12.6. The first kappa shape index (κ1) is 13.1. The molecule has 3 heterocycles. The molecule has 1 fully saturated rings. The van der Waals surface area contributed by atoms with Crippen LogP contribution in [0.2, 0.25) is 0 Å². The van der Waals surface area contributed by atoms with Crippen molar-refractivity contribution in [1.82, 2.24) is 19.4 Å². The summed E-state index contributed by atoms with van der Waals surface area (Å²) in [6.07, 6.45) is 10.0. The number of aromatic nitrogens is 3. The molecule has 5 nitrogen and oxygen atoms in total. The molecule has 0 bridgehead atoms. The molecule has 112 valence electrons. The van der Waals surface area contributed by atoms with Gasteiger partial charge < -0.3 is 8.98 Å². The Labute approximate surface area is 125 Å². The molecule has 1 atom stereocenters. The van der Waals surface area contributed by atoms with Crippen LogP contribution in [0.25, 0.3) is 0 Å². The maximum atomic E-state index is 5.59. The molecule has 0 unspecified atom stereocenters. The van der Waals surface area contributed by atoms with Crippen molar-refractivity contribution < 1.29 is 4.42 Å². The molecule has 5 heteroatoms. The van der Waals surface area contributed by atoms with Gasteiger partial charge in [-0.1, -0.05) is 0 Å². The van der Waals surface area contributed by atoms with Crippen LogP contribution < -0.4 is 0 Å². The van der Waals surface area contributed by atoms with Crippen molar-refractivity contribution in [3.8, 4) is 0 Å². The molecule has 4 rings (SSSR count). The van der Waals surface area contributed by atoms with Gasteiger partial charge in [0.1, 0.15) is 5.76 Å². The lowest BCUT2D eigenvalue weighted by molar-refractivity contribution is 0.277. The fourth-order valence-corrected chi connectivity index (χ4v) is 3.66. The first-order chi connectivity index (χ1) is 10.3. The standard InChI is InChI=1S/C16H22N4O/c1-12-8-17-16(21-12)10-19-7-6-13(9-19)20-11-18-14-4-2-3-5-15(14)20/h8,11,13H,2-7,9-10H2,1H3/t13-/m1/s1. The minimum absolute atomic E-state index is 0.565. The highest BCUT2D eigenvalue weighted by Gasteiger charge is 2.27. The highest BCUT2D eigenvalue weighted by atomic mass is 16.4. The molecule has 2 aromatic heterocycles. The summed E-state index contributed by atoms with van der Waals surface area (Å²) < 4.78 is 8.03. The van der Waals surface area contributed by atoms with Gasteiger partial charge in [-0.25, -0.2) is 9.97 Å². The van der Waals surface area contributed by atoms with Crippen LogP contribution in [-0.2, 0) is 19.4 Å². The van der Waals surface area contributed by atoms with Gasteiger partial charge in [0.2, 0.25) is 5.89 Å². The second kappa shape index (κ2) is 5.30. The normalized spacial score (nSPS) is 22.6. The molecule has 0 aromatic carbocycles. The molecular weight excluding hydrogens is 264 g/mol. The average Bonchev–Trinajstić information content (AvgIpc) is 3.19. The Hall–Kier alpha value is -1.62. The van der Waals surface area contributed by atoms with E-state index in [1.165, 1.54) is 37.1 Å². The van der Waals surface area contributed by atoms with Gasteiger partial charge in [0.25, 0.3) is 0 Å². The summed E-state index contributed by atoms with van der Waals surface area (Å²) in [5, 5.41) is 0. The maximum absolute atomic E-state index is 5.59. The van der Waals surface area contributed by atoms with Crippen LogP contribution in [0.15, 0.2) is 16.9 Å². The number of imidazole rings is 1. The number of nitrogens with zero attached hydrogens (tertiary/aromatic N) is 4. The zero-order chi connectivity index (χ0) is 14.2. The van der Waals surface area contributed by atoms with E-state index in [2.05, 4.69) is 25.8 Å². The third-order valence-corrected chi connectivity index (χ3v) is 4.73. The van der Waals surface area contributed by atoms with Crippen LogP contribution in [0, 0.1) is 6.92 Å². The molecule has 2 aliphatic rings. The van der Waals surface area contributed by atoms with E-state index >= 15 is 0 Å². The van der Waals surface area contributed by atoms with E-state index in [0.717, 1.165) is 37.7 Å². The molecule has 1 aliphatic heterocycles. The number of hydrogen-bond acceptors (Lipinski definition) is 4. The summed E-state index contributed by atoms with van der Waals surface area (Å²) in [5.74, 6) is 1.73. The minimum atomic E-state index is 0.565. The number of hydrogen-bond donors (Lipinski definition) is 0. The number of likely N-dealkylation sites (tertiary alicyclic amines) is 1. The molecule has 0 amide bonds. The summed E-state index contributed by atoms with van der Waals surface area (Å²) >= 11 is 0. The highest BCUT2D eigenvalue weighted by molar-refractivity contribution is 5.17. The average molecular weight is 286 g/mol. The lowest BCUT2D eigenvalue weighted by Gasteiger charge is -2.19. The minimum Gasteiger partial charge on any atom is -0.445 e. The van der Waals surface area contributed by atoms with Gasteiger partial charge in [-0.2, -0.15) is 0 Å². The fourth-order valence-electron chi connectivity index (χ4n) is 3.66. The van der Waals surface area contributed by atoms with E-state index in [4.69, 9.17) is 4.42 Å². The topological polar surface area (TPSA) is 47.1 Å². The Morgan fingerprint density at radius 1 is 1.29 bits per heavy atom. The lowest BCUT2D eigenvalue weighted by Crippen LogP contribution is -2.22. The van der Waals surface area contributed by atoms with Crippen molar-refractivity contribution in [3.05, 3.63) is 35.6 Å². The predicted molar refractivity (Wildman–Crippen MR) is 79.0 cm³/mol. The van der Waals surface area contributed by atoms with Crippen LogP contribution in [-0.4, -0.2) is 32.5 Å². The number of aryl methyl sites for hydroxylation is 2. The molecule has 0 N–H and O–H groups in total. The molecule has 21 heavy (non-hydrogen) atoms. The predicted octanol–water partition coefficient (Wildman–Crippen LogP) is 2.51. The third kappa shape index (κ3) is 2.50. The van der Waals surface area contributed by atoms with Gasteiger partial charge >= 0.3 is 0 Å². The van der Waals surface area contributed by atoms with E-state index in [-0.39, 0.29) is 0 Å². The largest absolute Gasteiger partial charge is 0.445 e. The zero-order valence-corrected chi connectivity index (χ0v) is 12.6. The summed E-state index contributed by atoms with van der Waals surface area (Å²) in [7, 11) is 0. The van der Waals surface area contributed by atoms with E-state index in [0.29, 0.717) is 6.04 Å². The number of oxazole rings is 1. The second-order valence-corrected chi connectivity index (χ2v) is 6.29. The van der Waals surface area contributed by atoms with E-state index in [1.807, 2.05) is 6.92 Å². The maximum Gasteiger partial charge on any atom is 0.208 e. The lowest BCUT2D eigenvalue weighted by atomic mass is 10.0. The monoisotopic (exact) mass is 286 g/mol. The van der Waals surface area contributed by atoms with Crippen molar-refractivity contribution in [2.75, 3.05) is 13.1 Å². The second-order valence-electron chi connectivity index (χ2n) is 6.29. The first-order valence-electron chi connectivity index (χ1n) is 7.98. The Morgan fingerprint density at radius 2 is 2.19 bits per heavy atom. The van der Waals surface area contributed by atoms with Crippen molar-refractivity contribution in [2.45, 2.75) is 51.6 Å². The fraction of sp³-hybridized carbons (Fsp3) is 0.625. The van der Waals surface area contributed by atoms with Crippen molar-refractivity contribution in [3.63, 3.8) is 0 Å². The van der Waals surface area contributed by atoms with Gasteiger partial charge in [0, 0.05) is 24.8 Å². The summed E-state index contributed by atoms with van der Waals surface area (Å²) in [6.45, 7) is 4.95. The smallest absolute Gasteiger partial charge is 0.208 e. The van der Waals surface area contributed by atoms with Crippen molar-refractivity contribution in [2.24, 2.45) is 0 Å². The van der Waals surface area contributed by atoms with Crippen LogP contribution in [0.5, 0.6) is 0 Å². The van der Waals surface area contributed by atoms with Gasteiger partial charge in [0.15, 0.2) is 0 Å². The summed E-state index contributed by atoms with van der Waals surface area (Å²) in [4.78, 5) is 11.4. The van der Waals surface area contributed by atoms with Crippen LogP contribution >= 0.6 is 0 Å². The van der Waals surface area contributed by atoms with Crippen LogP contribution in [0.4, 0.5) is 0 Å². The number of rotatable bonds is 3. The van der Waals surface area contributed by atoms with Gasteiger partial charge in [-0.15, -0.1) is 0 Å². The molecule has 2 aromatic rings. The molecule has 0 radical (unpaired) electrons. The highest BCUT2D eigenvalue weighted by Crippen LogP contribution is 2.28. The van der Waals surface area contributed by atoms with Gasteiger partial charge in [-0.3, -0.25) is 4.90 Å². The molecular formula is C16H22N4O. The van der Waals surface area contributed by atoms with E-state index < -0.39 is 0 Å². The molecule has 1 saturated heterocycles. The van der Waals surface area contributed by atoms with Crippen LogP contribution in [0.3, 0.4) is 0 Å². The molecule has 0 spiro atoms. The Bertz CT molecular complexity index is 630. The van der Waals surface area contributed by atoms with Gasteiger partial charge in [0.05, 0.1) is 24.8 Å². The van der Waals surface area contributed by atoms with Crippen molar-refractivity contribution in [1.29, 1.82) is 0 Å². The molecule has 1 aliphatic carbocycles. The SMILES string of the molecule is Cc1cnc(CN2CC[C@@H](n3cnc4c3CCCC4)C2)o1. The molecule has 0 saturated carbocycles. The van der Waals surface area contributed by atoms with E-state index in [9.17, 15) is 0 Å². The summed E-state index contributed by atoms with van der Waals surface area (Å²) in [5.41, 5.74) is 2.82. The quantitative estimate of drug-likeness (QED) is 0.870.